The van der Waals surface area contributed by atoms with Gasteiger partial charge in [-0.05, 0) is 152 Å². The monoisotopic (exact) mass is 1570 g/mol. The molecule has 36 nitrogen and oxygen atoms in total. The Labute approximate surface area is 625 Å². The fraction of sp³-hybridized carbons (Fsp3) is 0.574. The molecule has 0 spiro atoms. The number of nitrogens with zero attached hydrogens (tertiary/aromatic N) is 4. The molecule has 4 aliphatic rings. The number of sulfonamides is 3. The van der Waals surface area contributed by atoms with Crippen LogP contribution in [0.25, 0.3) is 0 Å². The first-order valence-corrected chi connectivity index (χ1v) is 37.2. The minimum atomic E-state index is -3.82. The number of ether oxygens (including phenoxy) is 5. The number of Topliss-reactive ketones (excluding diaryl/α,β-unsaturated/α-hetero) is 1. The molecule has 0 radical (unpaired) electrons. The predicted octanol–water partition coefficient (Wildman–Crippen LogP) is 3.82. The van der Waals surface area contributed by atoms with Crippen LogP contribution >= 0.6 is 0 Å². The lowest BCUT2D eigenvalue weighted by Crippen LogP contribution is -2.47. The number of nitrogens with two attached hydrogens (primary N) is 2. The van der Waals surface area contributed by atoms with Gasteiger partial charge in [-0.1, -0.05) is 69.5 Å². The summed E-state index contributed by atoms with van der Waals surface area (Å²) in [6.45, 7) is 21.4. The molecule has 0 unspecified atom stereocenters. The number of likely N-dealkylation sites (tertiary alicyclic amines) is 4. The van der Waals surface area contributed by atoms with Gasteiger partial charge in [0.25, 0.3) is 0 Å². The number of ketones is 1. The van der Waals surface area contributed by atoms with Crippen molar-refractivity contribution in [3.05, 3.63) is 91.0 Å². The lowest BCUT2D eigenvalue weighted by atomic mass is 10.2. The number of nitrogens with one attached hydrogen (secondary N) is 5. The van der Waals surface area contributed by atoms with E-state index in [1.54, 1.807) is 138 Å². The Morgan fingerprint density at radius 2 is 0.729 bits per heavy atom. The largest absolute Gasteiger partial charge is 0.480 e. The van der Waals surface area contributed by atoms with Crippen LogP contribution < -0.4 is 36.3 Å². The van der Waals surface area contributed by atoms with Gasteiger partial charge in [0.15, 0.2) is 0 Å². The number of benzene rings is 3. The molecule has 6 amide bonds. The van der Waals surface area contributed by atoms with Crippen molar-refractivity contribution in [1.82, 2.24) is 44.4 Å². The van der Waals surface area contributed by atoms with E-state index < -0.39 is 161 Å². The Bertz CT molecular complexity index is 3850. The smallest absolute Gasteiger partial charge is 0.411 e. The van der Waals surface area contributed by atoms with E-state index in [0.717, 1.165) is 9.80 Å². The number of carbonyl (C=O) groups excluding carboxylic acids is 8. The minimum absolute atomic E-state index is 0. The highest BCUT2D eigenvalue weighted by Crippen LogP contribution is 2.26. The number of methoxy groups -OCH3 is 1. The molecule has 4 fully saturated rings. The van der Waals surface area contributed by atoms with E-state index in [-0.39, 0.29) is 106 Å². The zero-order valence-electron chi connectivity index (χ0n) is 61.0. The highest BCUT2D eigenvalue weighted by Gasteiger charge is 2.46. The first kappa shape index (κ1) is 95.9. The van der Waals surface area contributed by atoms with Crippen molar-refractivity contribution in [3.8, 4) is 0 Å². The van der Waals surface area contributed by atoms with Gasteiger partial charge in [0.1, 0.15) is 58.9 Å². The molecule has 0 aromatic heterocycles. The normalized spacial score (nSPS) is 19.9. The number of alkyl carbamates (subject to hydrolysis) is 2. The van der Waals surface area contributed by atoms with Gasteiger partial charge in [0.05, 0.1) is 34.9 Å². The third-order valence-electron chi connectivity index (χ3n) is 14.4. The van der Waals surface area contributed by atoms with Crippen molar-refractivity contribution >= 4 is 95.9 Å². The summed E-state index contributed by atoms with van der Waals surface area (Å²) in [6, 6.07) is 16.9. The number of carboxylic acid groups (broad SMARTS) is 3. The van der Waals surface area contributed by atoms with E-state index in [0.29, 0.717) is 0 Å². The lowest BCUT2D eigenvalue weighted by molar-refractivity contribution is -0.150. The van der Waals surface area contributed by atoms with Gasteiger partial charge < -0.3 is 70.9 Å². The molecule has 4 aliphatic heterocycles. The Hall–Kier alpha value is -9.12. The Morgan fingerprint density at radius 1 is 0.439 bits per heavy atom. The quantitative estimate of drug-likeness (QED) is 0.0639. The van der Waals surface area contributed by atoms with Crippen LogP contribution in [0.3, 0.4) is 0 Å². The van der Waals surface area contributed by atoms with Gasteiger partial charge in [-0.15, -0.1) is 0 Å². The molecule has 0 bridgehead atoms. The average molecular weight is 1570 g/mol. The standard InChI is InChI=1S/C19H27N3O7S.C16H22N2O6S.C13H17N3O5S.C10H18N2O4.C8H15NO3.2CH4/c1-19(2,3)29-18(25)20-11-16(23)22-12-13(10-15(22)17(24)28-4)21-30(26,27)14-8-6-5-7-9-14;1-16(2,3)24-15(21)18-10-11(9-13(18)14(19)20)17-25(22,23)12-7-5-4-6-8-12;14-7-12(17)16-8-9(6-11(16)13(18)19)15-22(20,21)10-4-2-1-3-5-10;1-10(2,3)16-9(15)12-5-6(11)4-7(12)8(13)14;1-6(10)5-9-7(11)12-8(2,3)4;;/h5-9,13,15,21H,10-12H2,1-4H3,(H,20,25);4-8,11,13,17H,9-10H2,1-3H3,(H,19,20);1-5,9,11,15H,6-8,14H2,(H,18,19);6-7H,4-5,11H2,1-3H3,(H,13,14);5H2,1-4H3,(H,9,11);2*1H4/t13-,15+;11-,13+;9-,11+;6-,7+;;;/m1111.../s1. The fourth-order valence-electron chi connectivity index (χ4n) is 10.1. The summed E-state index contributed by atoms with van der Waals surface area (Å²) in [4.78, 5) is 132. The fourth-order valence-corrected chi connectivity index (χ4v) is 13.9. The molecule has 8 atom stereocenters. The summed E-state index contributed by atoms with van der Waals surface area (Å²) in [5.41, 5.74) is 8.25. The Morgan fingerprint density at radius 3 is 1.04 bits per heavy atom. The molecular formula is C68H107N11O25S3. The van der Waals surface area contributed by atoms with Crippen LogP contribution in [0.5, 0.6) is 0 Å². The second kappa shape index (κ2) is 41.3. The van der Waals surface area contributed by atoms with Gasteiger partial charge in [-0.25, -0.2) is 77.8 Å². The second-order valence-corrected chi connectivity index (χ2v) is 33.3. The molecule has 7 rings (SSSR count). The van der Waals surface area contributed by atoms with E-state index in [2.05, 4.69) is 24.8 Å². The molecule has 4 saturated heterocycles. The summed E-state index contributed by atoms with van der Waals surface area (Å²) < 4.78 is 107. The Kier molecular flexibility index (Phi) is 37.0. The number of esters is 1. The van der Waals surface area contributed by atoms with E-state index >= 15 is 0 Å². The molecule has 12 N–H and O–H groups in total. The van der Waals surface area contributed by atoms with Crippen molar-refractivity contribution in [3.63, 3.8) is 0 Å². The highest BCUT2D eigenvalue weighted by molar-refractivity contribution is 7.90. The topological polar surface area (TPSA) is 522 Å². The molecule has 602 valence electrons. The second-order valence-electron chi connectivity index (χ2n) is 28.2. The van der Waals surface area contributed by atoms with Crippen LogP contribution in [-0.4, -0.2) is 250 Å². The molecule has 4 heterocycles. The summed E-state index contributed by atoms with van der Waals surface area (Å²) in [6.07, 6.45) is -2.42. The molecule has 107 heavy (non-hydrogen) atoms. The molecule has 39 heteroatoms. The number of hydrogen-bond donors (Lipinski definition) is 10. The summed E-state index contributed by atoms with van der Waals surface area (Å²) in [5, 5.41) is 32.1. The van der Waals surface area contributed by atoms with Gasteiger partial charge in [-0.3, -0.25) is 24.2 Å². The summed E-state index contributed by atoms with van der Waals surface area (Å²) in [5.74, 6) is -5.26. The molecular weight excluding hydrogens is 1470 g/mol. The van der Waals surface area contributed by atoms with Crippen LogP contribution in [0.2, 0.25) is 0 Å². The minimum Gasteiger partial charge on any atom is -0.480 e. The summed E-state index contributed by atoms with van der Waals surface area (Å²) >= 11 is 0. The van der Waals surface area contributed by atoms with Gasteiger partial charge >= 0.3 is 48.3 Å². The first-order valence-electron chi connectivity index (χ1n) is 32.7. The highest BCUT2D eigenvalue weighted by atomic mass is 32.2. The van der Waals surface area contributed by atoms with E-state index in [1.807, 2.05) is 0 Å². The number of carboxylic acids is 3. The van der Waals surface area contributed by atoms with Crippen LogP contribution in [0.15, 0.2) is 106 Å². The number of hydrogen-bond acceptors (Lipinski definition) is 24. The van der Waals surface area contributed by atoms with Gasteiger partial charge in [-0.2, -0.15) is 0 Å². The third-order valence-corrected chi connectivity index (χ3v) is 19.0. The van der Waals surface area contributed by atoms with Crippen LogP contribution in [-0.2, 0) is 87.3 Å². The predicted molar refractivity (Wildman–Crippen MR) is 389 cm³/mol. The number of aliphatic carboxylic acids is 3. The Balaban J connectivity index is 0.000000686. The van der Waals surface area contributed by atoms with Crippen molar-refractivity contribution in [1.29, 1.82) is 0 Å². The van der Waals surface area contributed by atoms with E-state index in [4.69, 9.17) is 45.4 Å². The zero-order chi connectivity index (χ0) is 80.0. The van der Waals surface area contributed by atoms with Crippen molar-refractivity contribution in [2.24, 2.45) is 11.5 Å². The maximum Gasteiger partial charge on any atom is 0.411 e. The number of amides is 6. The molecule has 3 aromatic rings. The third kappa shape index (κ3) is 33.3. The summed E-state index contributed by atoms with van der Waals surface area (Å²) in [7, 11) is -10.2. The van der Waals surface area contributed by atoms with Gasteiger partial charge in [0, 0.05) is 50.3 Å². The van der Waals surface area contributed by atoms with Crippen LogP contribution in [0, 0.1) is 0 Å². The lowest BCUT2D eigenvalue weighted by Gasteiger charge is -2.26. The van der Waals surface area contributed by atoms with Gasteiger partial charge in [0.2, 0.25) is 41.9 Å². The first-order chi connectivity index (χ1) is 48.3. The average Bonchev–Trinajstić information content (AvgIpc) is 1.36. The zero-order valence-corrected chi connectivity index (χ0v) is 63.5. The van der Waals surface area contributed by atoms with Crippen molar-refractivity contribution in [2.75, 3.05) is 52.9 Å². The molecule has 3 aromatic carbocycles. The van der Waals surface area contributed by atoms with Crippen LogP contribution in [0.1, 0.15) is 131 Å². The molecule has 0 aliphatic carbocycles. The van der Waals surface area contributed by atoms with E-state index in [9.17, 15) is 83.1 Å². The van der Waals surface area contributed by atoms with Crippen molar-refractivity contribution < 1.29 is 117 Å². The maximum absolute atomic E-state index is 12.6. The number of rotatable bonds is 18. The van der Waals surface area contributed by atoms with E-state index in [1.165, 1.54) is 60.2 Å². The number of carbonyl (C=O) groups is 11. The van der Waals surface area contributed by atoms with Crippen LogP contribution in [0.4, 0.5) is 19.2 Å². The molecule has 0 saturated carbocycles. The SMILES string of the molecule is C.C.CC(=O)CNC(=O)OC(C)(C)C.CC(C)(C)OC(=O)N1C[C@H](N)C[C@H]1C(=O)O.CC(C)(C)OC(=O)N1C[C@H](NS(=O)(=O)c2ccccc2)C[C@H]1C(=O)O.COC(=O)[C@@H]1C[C@@H](NS(=O)(=O)c2ccccc2)CN1C(=O)CNC(=O)OC(C)(C)C.NCC(=O)N1C[C@H](NS(=O)(=O)c2ccccc2)C[C@H]1C(=O)O. The maximum atomic E-state index is 12.6. The van der Waals surface area contributed by atoms with Crippen molar-refractivity contribution in [2.45, 2.75) is 216 Å².